The van der Waals surface area contributed by atoms with Crippen molar-refractivity contribution in [3.8, 4) is 0 Å². The Labute approximate surface area is 105 Å². The van der Waals surface area contributed by atoms with Crippen LogP contribution >= 0.6 is 0 Å². The molecule has 0 atom stereocenters. The lowest BCUT2D eigenvalue weighted by Gasteiger charge is -2.33. The van der Waals surface area contributed by atoms with Crippen LogP contribution in [0, 0.1) is 0 Å². The van der Waals surface area contributed by atoms with E-state index in [1.807, 2.05) is 7.05 Å². The Balaban J connectivity index is 2.33. The summed E-state index contributed by atoms with van der Waals surface area (Å²) in [5.74, 6) is 0.292. The molecule has 1 aliphatic rings. The average Bonchev–Trinajstić information content (AvgIpc) is 2.35. The fraction of sp³-hybridized carbons (Fsp3) is 1.00. The van der Waals surface area contributed by atoms with Gasteiger partial charge in [0.1, 0.15) is 0 Å². The van der Waals surface area contributed by atoms with Gasteiger partial charge in [-0.25, -0.2) is 8.42 Å². The van der Waals surface area contributed by atoms with Crippen molar-refractivity contribution in [3.63, 3.8) is 0 Å². The highest BCUT2D eigenvalue weighted by Crippen LogP contribution is 2.09. The number of nitrogens with zero attached hydrogens (tertiary/aromatic N) is 2. The third-order valence-electron chi connectivity index (χ3n) is 3.25. The van der Waals surface area contributed by atoms with Crippen LogP contribution in [0.5, 0.6) is 0 Å². The van der Waals surface area contributed by atoms with Gasteiger partial charge in [0.15, 0.2) is 0 Å². The van der Waals surface area contributed by atoms with Crippen molar-refractivity contribution in [1.82, 2.24) is 14.5 Å². The highest BCUT2D eigenvalue weighted by molar-refractivity contribution is 7.89. The van der Waals surface area contributed by atoms with Crippen molar-refractivity contribution < 1.29 is 8.42 Å². The van der Waals surface area contributed by atoms with Gasteiger partial charge in [-0.05, 0) is 33.0 Å². The number of hydrogen-bond acceptors (Lipinski definition) is 4. The van der Waals surface area contributed by atoms with Gasteiger partial charge in [-0.15, -0.1) is 0 Å². The predicted octanol–water partition coefficient (Wildman–Crippen LogP) is -0.0467. The Morgan fingerprint density at radius 1 is 1.12 bits per heavy atom. The van der Waals surface area contributed by atoms with E-state index in [0.717, 1.165) is 39.0 Å². The molecule has 1 fully saturated rings. The summed E-state index contributed by atoms with van der Waals surface area (Å²) >= 11 is 0. The van der Waals surface area contributed by atoms with Crippen LogP contribution in [0.25, 0.3) is 0 Å². The van der Waals surface area contributed by atoms with E-state index in [4.69, 9.17) is 0 Å². The number of likely N-dealkylation sites (N-methyl/N-ethyl adjacent to an activating group) is 1. The molecule has 0 aromatic carbocycles. The fourth-order valence-electron chi connectivity index (χ4n) is 2.04. The van der Waals surface area contributed by atoms with E-state index in [0.29, 0.717) is 18.8 Å². The maximum Gasteiger partial charge on any atom is 0.214 e. The molecule has 0 saturated carbocycles. The number of piperazine rings is 1. The van der Waals surface area contributed by atoms with Crippen molar-refractivity contribution in [2.75, 3.05) is 52.1 Å². The first-order chi connectivity index (χ1) is 8.10. The molecule has 0 spiro atoms. The number of unbranched alkanes of at least 4 members (excludes halogenated alkanes) is 1. The molecule has 1 heterocycles. The highest BCUT2D eigenvalue weighted by atomic mass is 32.2. The molecule has 0 aromatic heterocycles. The molecule has 0 unspecified atom stereocenters. The molecule has 0 bridgehead atoms. The molecule has 17 heavy (non-hydrogen) atoms. The van der Waals surface area contributed by atoms with Crippen LogP contribution in [-0.2, 0) is 10.0 Å². The summed E-state index contributed by atoms with van der Waals surface area (Å²) in [6, 6.07) is 0. The first kappa shape index (κ1) is 14.9. The van der Waals surface area contributed by atoms with Gasteiger partial charge < -0.3 is 10.2 Å². The molecule has 5 nitrogen and oxygen atoms in total. The van der Waals surface area contributed by atoms with Crippen LogP contribution in [0.1, 0.15) is 19.8 Å². The van der Waals surface area contributed by atoms with Gasteiger partial charge in [0.2, 0.25) is 10.0 Å². The van der Waals surface area contributed by atoms with Gasteiger partial charge in [0.05, 0.1) is 5.75 Å². The lowest BCUT2D eigenvalue weighted by molar-refractivity contribution is 0.196. The molecule has 1 rings (SSSR count). The van der Waals surface area contributed by atoms with E-state index >= 15 is 0 Å². The smallest absolute Gasteiger partial charge is 0.214 e. The summed E-state index contributed by atoms with van der Waals surface area (Å²) in [5.41, 5.74) is 0. The predicted molar refractivity (Wildman–Crippen MR) is 70.6 cm³/mol. The average molecular weight is 263 g/mol. The third kappa shape index (κ3) is 4.91. The third-order valence-corrected chi connectivity index (χ3v) is 5.21. The zero-order chi connectivity index (χ0) is 12.7. The Morgan fingerprint density at radius 3 is 2.29 bits per heavy atom. The number of sulfonamides is 1. The zero-order valence-corrected chi connectivity index (χ0v) is 11.8. The molecule has 102 valence electrons. The second-order valence-corrected chi connectivity index (χ2v) is 6.55. The molecule has 6 heteroatoms. The van der Waals surface area contributed by atoms with Crippen LogP contribution in [0.15, 0.2) is 0 Å². The van der Waals surface area contributed by atoms with Crippen molar-refractivity contribution in [2.24, 2.45) is 0 Å². The van der Waals surface area contributed by atoms with Gasteiger partial charge in [-0.1, -0.05) is 6.92 Å². The van der Waals surface area contributed by atoms with Crippen molar-refractivity contribution in [1.29, 1.82) is 0 Å². The maximum atomic E-state index is 12.0. The van der Waals surface area contributed by atoms with Gasteiger partial charge in [-0.2, -0.15) is 4.31 Å². The summed E-state index contributed by atoms with van der Waals surface area (Å²) in [7, 11) is -1.13. The standard InChI is InChI=1S/C11H25N3O2S/c1-3-13-7-9-14(10-8-13)17(15,16)11-5-4-6-12-2/h12H,3-11H2,1-2H3. The Kier molecular flexibility index (Phi) is 6.40. The van der Waals surface area contributed by atoms with Crippen LogP contribution < -0.4 is 5.32 Å². The minimum absolute atomic E-state index is 0.292. The number of rotatable bonds is 7. The molecule has 0 amide bonds. The van der Waals surface area contributed by atoms with E-state index in [1.54, 1.807) is 4.31 Å². The molecular formula is C11H25N3O2S. The van der Waals surface area contributed by atoms with Crippen LogP contribution in [-0.4, -0.2) is 69.7 Å². The summed E-state index contributed by atoms with van der Waals surface area (Å²) < 4.78 is 25.7. The number of hydrogen-bond donors (Lipinski definition) is 1. The number of nitrogens with one attached hydrogen (secondary N) is 1. The minimum atomic E-state index is -3.02. The van der Waals surface area contributed by atoms with Gasteiger partial charge in [0, 0.05) is 26.2 Å². The van der Waals surface area contributed by atoms with E-state index in [2.05, 4.69) is 17.1 Å². The summed E-state index contributed by atoms with van der Waals surface area (Å²) in [6.45, 7) is 7.06. The van der Waals surface area contributed by atoms with E-state index in [9.17, 15) is 8.42 Å². The summed E-state index contributed by atoms with van der Waals surface area (Å²) in [4.78, 5) is 2.28. The first-order valence-corrected chi connectivity index (χ1v) is 8.06. The second kappa shape index (κ2) is 7.31. The summed E-state index contributed by atoms with van der Waals surface area (Å²) in [6.07, 6.45) is 1.67. The van der Waals surface area contributed by atoms with Gasteiger partial charge in [0.25, 0.3) is 0 Å². The van der Waals surface area contributed by atoms with Crippen molar-refractivity contribution in [3.05, 3.63) is 0 Å². The van der Waals surface area contributed by atoms with E-state index in [1.165, 1.54) is 0 Å². The Morgan fingerprint density at radius 2 is 1.76 bits per heavy atom. The normalized spacial score (nSPS) is 19.6. The molecule has 1 aliphatic heterocycles. The second-order valence-electron chi connectivity index (χ2n) is 4.46. The minimum Gasteiger partial charge on any atom is -0.320 e. The van der Waals surface area contributed by atoms with Crippen molar-refractivity contribution in [2.45, 2.75) is 19.8 Å². The highest BCUT2D eigenvalue weighted by Gasteiger charge is 2.25. The fourth-order valence-corrected chi connectivity index (χ4v) is 3.59. The SMILES string of the molecule is CCN1CCN(S(=O)(=O)CCCCNC)CC1. The molecule has 0 radical (unpaired) electrons. The molecular weight excluding hydrogens is 238 g/mol. The Bertz CT molecular complexity index is 298. The van der Waals surface area contributed by atoms with E-state index in [-0.39, 0.29) is 0 Å². The van der Waals surface area contributed by atoms with E-state index < -0.39 is 10.0 Å². The Hall–Kier alpha value is -0.170. The lowest BCUT2D eigenvalue weighted by atomic mass is 10.3. The van der Waals surface area contributed by atoms with Crippen LogP contribution in [0.4, 0.5) is 0 Å². The first-order valence-electron chi connectivity index (χ1n) is 6.45. The monoisotopic (exact) mass is 263 g/mol. The summed E-state index contributed by atoms with van der Waals surface area (Å²) in [5, 5.41) is 3.03. The largest absolute Gasteiger partial charge is 0.320 e. The maximum absolute atomic E-state index is 12.0. The van der Waals surface area contributed by atoms with Crippen LogP contribution in [0.3, 0.4) is 0 Å². The molecule has 0 aliphatic carbocycles. The zero-order valence-electron chi connectivity index (χ0n) is 11.0. The molecule has 0 aromatic rings. The quantitative estimate of drug-likeness (QED) is 0.655. The lowest BCUT2D eigenvalue weighted by Crippen LogP contribution is -2.49. The topological polar surface area (TPSA) is 52.7 Å². The van der Waals surface area contributed by atoms with Gasteiger partial charge in [-0.3, -0.25) is 0 Å². The molecule has 1 N–H and O–H groups in total. The van der Waals surface area contributed by atoms with Gasteiger partial charge >= 0.3 is 0 Å². The molecule has 1 saturated heterocycles. The van der Waals surface area contributed by atoms with Crippen molar-refractivity contribution >= 4 is 10.0 Å². The van der Waals surface area contributed by atoms with Crippen LogP contribution in [0.2, 0.25) is 0 Å².